The number of nitrogens with one attached hydrogen (secondary N) is 1. The van der Waals surface area contributed by atoms with Gasteiger partial charge in [0.25, 0.3) is 0 Å². The van der Waals surface area contributed by atoms with E-state index in [1.165, 1.54) is 0 Å². The lowest BCUT2D eigenvalue weighted by molar-refractivity contribution is -0.137. The third kappa shape index (κ3) is 4.99. The first kappa shape index (κ1) is 26.2. The fourth-order valence-corrected chi connectivity index (χ4v) is 6.03. The average molecular weight is 570 g/mol. The third-order valence-corrected chi connectivity index (χ3v) is 7.97. The number of carbonyl (C=O) groups excluding carboxylic acids is 1. The highest BCUT2D eigenvalue weighted by molar-refractivity contribution is 7.16. The van der Waals surface area contributed by atoms with Crippen LogP contribution in [-0.2, 0) is 17.5 Å². The van der Waals surface area contributed by atoms with Crippen molar-refractivity contribution in [3.05, 3.63) is 53.9 Å². The molecular formula is C26H26F3N9OS. The fraction of sp³-hybridized carbons (Fsp3) is 0.346. The molecule has 1 aliphatic rings. The molecule has 0 radical (unpaired) electrons. The summed E-state index contributed by atoms with van der Waals surface area (Å²) in [6.45, 7) is 1.65. The van der Waals surface area contributed by atoms with Gasteiger partial charge >= 0.3 is 6.18 Å². The highest BCUT2D eigenvalue weighted by atomic mass is 32.1. The number of thiazole rings is 1. The van der Waals surface area contributed by atoms with Crippen LogP contribution in [0.2, 0.25) is 0 Å². The topological polar surface area (TPSA) is 99.1 Å². The largest absolute Gasteiger partial charge is 0.443 e. The third-order valence-electron chi connectivity index (χ3n) is 6.81. The number of imidazole rings is 2. The zero-order valence-electron chi connectivity index (χ0n) is 21.8. The second kappa shape index (κ2) is 10.2. The van der Waals surface area contributed by atoms with Crippen LogP contribution in [0.4, 0.5) is 18.2 Å². The summed E-state index contributed by atoms with van der Waals surface area (Å²) in [5, 5.41) is -0.549. The Bertz CT molecular complexity index is 1640. The number of pyridine rings is 1. The Morgan fingerprint density at radius 2 is 1.90 bits per heavy atom. The van der Waals surface area contributed by atoms with Crippen LogP contribution in [0.1, 0.15) is 5.01 Å². The van der Waals surface area contributed by atoms with Crippen LogP contribution in [0.15, 0.2) is 48.9 Å². The number of halogens is 3. The first-order valence-corrected chi connectivity index (χ1v) is 13.5. The minimum atomic E-state index is -4.59. The number of aromatic nitrogens is 6. The molecule has 5 heterocycles. The number of piperazine rings is 1. The van der Waals surface area contributed by atoms with E-state index in [-0.39, 0.29) is 30.0 Å². The van der Waals surface area contributed by atoms with E-state index in [2.05, 4.69) is 24.9 Å². The molecule has 14 heteroatoms. The maximum absolute atomic E-state index is 13.8. The van der Waals surface area contributed by atoms with Crippen LogP contribution in [0, 0.1) is 0 Å². The molecule has 208 valence electrons. The number of nitrogens with zero attached hydrogens (tertiary/aromatic N) is 8. The lowest BCUT2D eigenvalue weighted by Crippen LogP contribution is -2.58. The van der Waals surface area contributed by atoms with Crippen molar-refractivity contribution in [1.29, 1.82) is 0 Å². The fourth-order valence-electron chi connectivity index (χ4n) is 5.06. The standard InChI is InChI=1S/C26H26F3N9OS/c1-35(2)12-16-13-36(10-11-38(16)20(39)14-37-15-31-19-8-5-9-30-23(19)37)24-21(34-25(40-24)26(27,28)29)22-32-17-6-3-4-7-18(17)33-22/h3-9,15-16H,10-14H2,1-2H3,(H,32,33). The second-order valence-electron chi connectivity index (χ2n) is 9.94. The molecule has 0 saturated carbocycles. The van der Waals surface area contributed by atoms with E-state index >= 15 is 0 Å². The summed E-state index contributed by atoms with van der Waals surface area (Å²) in [5.41, 5.74) is 2.85. The normalized spacial score (nSPS) is 16.5. The van der Waals surface area contributed by atoms with Crippen LogP contribution in [-0.4, -0.2) is 91.5 Å². The molecule has 0 spiro atoms. The van der Waals surface area contributed by atoms with Crippen LogP contribution in [0.5, 0.6) is 0 Å². The smallest absolute Gasteiger partial charge is 0.358 e. The lowest BCUT2D eigenvalue weighted by atomic mass is 10.1. The number of alkyl halides is 3. The monoisotopic (exact) mass is 569 g/mol. The maximum Gasteiger partial charge on any atom is 0.443 e. The van der Waals surface area contributed by atoms with Gasteiger partial charge in [-0.05, 0) is 38.4 Å². The molecule has 1 atom stereocenters. The molecule has 0 aliphatic carbocycles. The van der Waals surface area contributed by atoms with Crippen molar-refractivity contribution in [2.45, 2.75) is 18.8 Å². The quantitative estimate of drug-likeness (QED) is 0.333. The number of H-pyrrole nitrogens is 1. The number of rotatable bonds is 6. The molecule has 40 heavy (non-hydrogen) atoms. The number of carbonyl (C=O) groups is 1. The van der Waals surface area contributed by atoms with Crippen LogP contribution in [0.3, 0.4) is 0 Å². The van der Waals surface area contributed by atoms with Crippen LogP contribution in [0.25, 0.3) is 33.7 Å². The van der Waals surface area contributed by atoms with Crippen molar-refractivity contribution in [2.24, 2.45) is 0 Å². The summed E-state index contributed by atoms with van der Waals surface area (Å²) in [6, 6.07) is 10.6. The van der Waals surface area contributed by atoms with E-state index in [0.717, 1.165) is 0 Å². The summed E-state index contributed by atoms with van der Waals surface area (Å²) < 4.78 is 43.1. The van der Waals surface area contributed by atoms with E-state index in [4.69, 9.17) is 0 Å². The number of benzene rings is 1. The van der Waals surface area contributed by atoms with Gasteiger partial charge in [-0.2, -0.15) is 13.2 Å². The Labute approximate surface area is 231 Å². The summed E-state index contributed by atoms with van der Waals surface area (Å²) in [7, 11) is 3.81. The molecule has 5 aromatic rings. The molecule has 10 nitrogen and oxygen atoms in total. The van der Waals surface area contributed by atoms with Gasteiger partial charge < -0.3 is 24.3 Å². The maximum atomic E-state index is 13.8. The van der Waals surface area contributed by atoms with Gasteiger partial charge in [0.1, 0.15) is 22.8 Å². The molecular weight excluding hydrogens is 543 g/mol. The molecule has 1 aromatic carbocycles. The molecule has 1 N–H and O–H groups in total. The Kier molecular flexibility index (Phi) is 6.66. The second-order valence-corrected chi connectivity index (χ2v) is 10.9. The van der Waals surface area contributed by atoms with Crippen molar-refractivity contribution >= 4 is 44.4 Å². The van der Waals surface area contributed by atoms with Crippen molar-refractivity contribution in [1.82, 2.24) is 39.3 Å². The van der Waals surface area contributed by atoms with Gasteiger partial charge in [-0.25, -0.2) is 19.9 Å². The first-order chi connectivity index (χ1) is 19.2. The van der Waals surface area contributed by atoms with Gasteiger partial charge in [-0.3, -0.25) is 4.79 Å². The SMILES string of the molecule is CN(C)CC1CN(c2sc(C(F)(F)F)nc2-c2nc3ccccc3[nH]2)CCN1C(=O)Cn1cnc2cccnc21. The molecule has 1 aliphatic heterocycles. The number of anilines is 1. The van der Waals surface area contributed by atoms with Gasteiger partial charge in [-0.15, -0.1) is 0 Å². The zero-order valence-corrected chi connectivity index (χ0v) is 22.6. The Morgan fingerprint density at radius 3 is 2.67 bits per heavy atom. The lowest BCUT2D eigenvalue weighted by Gasteiger charge is -2.43. The van der Waals surface area contributed by atoms with E-state index in [9.17, 15) is 18.0 Å². The van der Waals surface area contributed by atoms with Crippen molar-refractivity contribution in [3.63, 3.8) is 0 Å². The van der Waals surface area contributed by atoms with Gasteiger partial charge in [-0.1, -0.05) is 23.5 Å². The number of para-hydroxylation sites is 2. The number of amides is 1. The highest BCUT2D eigenvalue weighted by Gasteiger charge is 2.39. The molecule has 1 amide bonds. The van der Waals surface area contributed by atoms with Gasteiger partial charge in [0.15, 0.2) is 11.5 Å². The predicted octanol–water partition coefficient (Wildman–Crippen LogP) is 3.73. The molecule has 1 saturated heterocycles. The number of hydrogen-bond acceptors (Lipinski definition) is 8. The summed E-state index contributed by atoms with van der Waals surface area (Å²) in [5.74, 6) is 0.180. The van der Waals surface area contributed by atoms with Crippen molar-refractivity contribution < 1.29 is 18.0 Å². The molecule has 1 fully saturated rings. The zero-order chi connectivity index (χ0) is 28.0. The summed E-state index contributed by atoms with van der Waals surface area (Å²) in [4.78, 5) is 39.5. The van der Waals surface area contributed by atoms with Crippen LogP contribution >= 0.6 is 11.3 Å². The van der Waals surface area contributed by atoms with E-state index in [1.807, 2.05) is 48.2 Å². The van der Waals surface area contributed by atoms with E-state index in [1.54, 1.807) is 34.1 Å². The number of fused-ring (bicyclic) bond motifs is 2. The van der Waals surface area contributed by atoms with E-state index < -0.39 is 11.2 Å². The molecule has 0 bridgehead atoms. The summed E-state index contributed by atoms with van der Waals surface area (Å²) >= 11 is 0.606. The number of aromatic amines is 1. The molecule has 1 unspecified atom stereocenters. The van der Waals surface area contributed by atoms with Gasteiger partial charge in [0, 0.05) is 32.4 Å². The van der Waals surface area contributed by atoms with Gasteiger partial charge in [0.05, 0.1) is 23.4 Å². The molecule has 4 aromatic heterocycles. The minimum absolute atomic E-state index is 0.0699. The predicted molar refractivity (Wildman–Crippen MR) is 146 cm³/mol. The number of hydrogen-bond donors (Lipinski definition) is 1. The van der Waals surface area contributed by atoms with E-state index in [0.29, 0.717) is 64.7 Å². The first-order valence-electron chi connectivity index (χ1n) is 12.7. The number of likely N-dealkylation sites (N-methyl/N-ethyl adjacent to an activating group) is 1. The van der Waals surface area contributed by atoms with Crippen molar-refractivity contribution in [3.8, 4) is 11.5 Å². The Hall–Kier alpha value is -4.04. The minimum Gasteiger partial charge on any atom is -0.358 e. The molecule has 6 rings (SSSR count). The van der Waals surface area contributed by atoms with Crippen LogP contribution < -0.4 is 4.90 Å². The Morgan fingerprint density at radius 1 is 1.10 bits per heavy atom. The average Bonchev–Trinajstić information content (AvgIpc) is 3.65. The van der Waals surface area contributed by atoms with Crippen molar-refractivity contribution in [2.75, 3.05) is 45.2 Å². The highest BCUT2D eigenvalue weighted by Crippen LogP contribution is 2.42. The summed E-state index contributed by atoms with van der Waals surface area (Å²) in [6.07, 6.45) is -1.34. The van der Waals surface area contributed by atoms with Gasteiger partial charge in [0.2, 0.25) is 10.9 Å². The Balaban J connectivity index is 1.30.